The van der Waals surface area contributed by atoms with E-state index >= 15 is 0 Å². The molecule has 0 saturated carbocycles. The van der Waals surface area contributed by atoms with Crippen molar-refractivity contribution in [3.63, 3.8) is 0 Å². The summed E-state index contributed by atoms with van der Waals surface area (Å²) in [5.41, 5.74) is 0.226. The van der Waals surface area contributed by atoms with E-state index in [0.29, 0.717) is 10.6 Å². The van der Waals surface area contributed by atoms with E-state index in [9.17, 15) is 9.18 Å². The van der Waals surface area contributed by atoms with Crippen LogP contribution in [0.25, 0.3) is 0 Å². The zero-order valence-corrected chi connectivity index (χ0v) is 10.8. The number of rotatable bonds is 3. The molecule has 6 heteroatoms. The summed E-state index contributed by atoms with van der Waals surface area (Å²) in [5, 5.41) is 12.8. The van der Waals surface area contributed by atoms with Gasteiger partial charge in [0.15, 0.2) is 0 Å². The van der Waals surface area contributed by atoms with Gasteiger partial charge in [-0.25, -0.2) is 4.39 Å². The molecule has 19 heavy (non-hydrogen) atoms. The van der Waals surface area contributed by atoms with Crippen LogP contribution in [0.15, 0.2) is 29.6 Å². The molecule has 0 saturated heterocycles. The molecule has 0 aliphatic carbocycles. The lowest BCUT2D eigenvalue weighted by Crippen LogP contribution is -2.12. The van der Waals surface area contributed by atoms with Gasteiger partial charge in [-0.05, 0) is 29.6 Å². The van der Waals surface area contributed by atoms with E-state index in [1.54, 1.807) is 11.4 Å². The highest BCUT2D eigenvalue weighted by Gasteiger charge is 2.15. The molecule has 96 valence electrons. The molecule has 0 bridgehead atoms. The molecule has 0 radical (unpaired) electrons. The van der Waals surface area contributed by atoms with Gasteiger partial charge in [0.25, 0.3) is 5.91 Å². The number of hydrogen-bond acceptors (Lipinski definition) is 4. The first-order valence-corrected chi connectivity index (χ1v) is 6.16. The van der Waals surface area contributed by atoms with Crippen molar-refractivity contribution in [2.45, 2.75) is 0 Å². The monoisotopic (exact) mass is 276 g/mol. The maximum Gasteiger partial charge on any atom is 0.269 e. The topological polar surface area (TPSA) is 62.1 Å². The summed E-state index contributed by atoms with van der Waals surface area (Å²) in [6.07, 6.45) is 0. The van der Waals surface area contributed by atoms with E-state index in [-0.39, 0.29) is 11.3 Å². The molecule has 2 aromatic rings. The van der Waals surface area contributed by atoms with Gasteiger partial charge in [0.1, 0.15) is 16.4 Å². The number of anilines is 1. The Hall–Kier alpha value is -2.39. The Morgan fingerprint density at radius 3 is 2.89 bits per heavy atom. The van der Waals surface area contributed by atoms with Crippen LogP contribution in [0.5, 0.6) is 5.75 Å². The van der Waals surface area contributed by atoms with Crippen LogP contribution < -0.4 is 10.1 Å². The number of nitrogens with one attached hydrogen (secondary N) is 1. The maximum absolute atomic E-state index is 13.6. The summed E-state index contributed by atoms with van der Waals surface area (Å²) < 4.78 is 18.7. The molecular weight excluding hydrogens is 267 g/mol. The van der Waals surface area contributed by atoms with Crippen LogP contribution >= 0.6 is 11.3 Å². The molecule has 1 N–H and O–H groups in total. The second-order valence-corrected chi connectivity index (χ2v) is 4.49. The lowest BCUT2D eigenvalue weighted by atomic mass is 10.2. The standard InChI is InChI=1S/C13H9FN2O2S/c1-18-11-4-5-19-12(11)13(17)16-10-3-2-8(7-15)6-9(10)14/h2-6H,1H3,(H,16,17). The highest BCUT2D eigenvalue weighted by atomic mass is 32.1. The lowest BCUT2D eigenvalue weighted by Gasteiger charge is -2.06. The number of carbonyl (C=O) groups excluding carboxylic acids is 1. The molecule has 1 heterocycles. The molecule has 0 unspecified atom stereocenters. The quantitative estimate of drug-likeness (QED) is 0.937. The summed E-state index contributed by atoms with van der Waals surface area (Å²) in [6, 6.07) is 7.34. The first kappa shape index (κ1) is 13.1. The minimum Gasteiger partial charge on any atom is -0.495 e. The van der Waals surface area contributed by atoms with Crippen LogP contribution in [0.1, 0.15) is 15.2 Å². The minimum atomic E-state index is -0.650. The number of nitrogens with zero attached hydrogens (tertiary/aromatic N) is 1. The van der Waals surface area contributed by atoms with Crippen molar-refractivity contribution in [1.29, 1.82) is 5.26 Å². The normalized spacial score (nSPS) is 9.74. The van der Waals surface area contributed by atoms with E-state index in [4.69, 9.17) is 10.00 Å². The number of methoxy groups -OCH3 is 1. The summed E-state index contributed by atoms with van der Waals surface area (Å²) in [6.45, 7) is 0. The Balaban J connectivity index is 2.22. The van der Waals surface area contributed by atoms with Gasteiger partial charge in [-0.15, -0.1) is 11.3 Å². The summed E-state index contributed by atoms with van der Waals surface area (Å²) in [5.74, 6) is -0.657. The fourth-order valence-corrected chi connectivity index (χ4v) is 2.24. The van der Waals surface area contributed by atoms with Crippen LogP contribution in [-0.2, 0) is 0 Å². The van der Waals surface area contributed by atoms with Crippen LogP contribution in [0.2, 0.25) is 0 Å². The second kappa shape index (κ2) is 5.50. The summed E-state index contributed by atoms with van der Waals surface area (Å²) in [7, 11) is 1.46. The molecule has 0 aliphatic heterocycles. The van der Waals surface area contributed by atoms with E-state index in [2.05, 4.69) is 5.32 Å². The average molecular weight is 276 g/mol. The van der Waals surface area contributed by atoms with E-state index < -0.39 is 11.7 Å². The number of halogens is 1. The zero-order valence-electron chi connectivity index (χ0n) is 9.94. The maximum atomic E-state index is 13.6. The summed E-state index contributed by atoms with van der Waals surface area (Å²) >= 11 is 1.20. The fourth-order valence-electron chi connectivity index (χ4n) is 1.49. The number of nitriles is 1. The predicted molar refractivity (Wildman–Crippen MR) is 69.9 cm³/mol. The number of benzene rings is 1. The van der Waals surface area contributed by atoms with Gasteiger partial charge in [-0.1, -0.05) is 0 Å². The Labute approximate surface area is 113 Å². The minimum absolute atomic E-state index is 0.0273. The predicted octanol–water partition coefficient (Wildman–Crippen LogP) is 3.02. The van der Waals surface area contributed by atoms with E-state index in [1.807, 2.05) is 6.07 Å². The van der Waals surface area contributed by atoms with Gasteiger partial charge in [0, 0.05) is 0 Å². The number of carbonyl (C=O) groups is 1. The van der Waals surface area contributed by atoms with Gasteiger partial charge >= 0.3 is 0 Å². The first-order valence-electron chi connectivity index (χ1n) is 5.28. The largest absolute Gasteiger partial charge is 0.495 e. The molecular formula is C13H9FN2O2S. The van der Waals surface area contributed by atoms with Crippen molar-refractivity contribution in [2.75, 3.05) is 12.4 Å². The third kappa shape index (κ3) is 2.72. The Morgan fingerprint density at radius 2 is 2.26 bits per heavy atom. The molecule has 1 aromatic carbocycles. The third-order valence-corrected chi connectivity index (χ3v) is 3.30. The van der Waals surface area contributed by atoms with Crippen molar-refractivity contribution in [3.8, 4) is 11.8 Å². The van der Waals surface area contributed by atoms with Gasteiger partial charge in [0.2, 0.25) is 0 Å². The third-order valence-electron chi connectivity index (χ3n) is 2.40. The lowest BCUT2D eigenvalue weighted by molar-refractivity contribution is 0.102. The van der Waals surface area contributed by atoms with Gasteiger partial charge in [0.05, 0.1) is 24.4 Å². The molecule has 0 atom stereocenters. The molecule has 4 nitrogen and oxygen atoms in total. The highest BCUT2D eigenvalue weighted by molar-refractivity contribution is 7.12. The Morgan fingerprint density at radius 1 is 1.47 bits per heavy atom. The molecule has 1 amide bonds. The number of hydrogen-bond donors (Lipinski definition) is 1. The van der Waals surface area contributed by atoms with Crippen LogP contribution in [0.4, 0.5) is 10.1 Å². The summed E-state index contributed by atoms with van der Waals surface area (Å²) in [4.78, 5) is 12.3. The van der Waals surface area contributed by atoms with Gasteiger partial charge in [-0.3, -0.25) is 4.79 Å². The smallest absolute Gasteiger partial charge is 0.269 e. The Bertz CT molecular complexity index is 661. The average Bonchev–Trinajstić information content (AvgIpc) is 2.89. The van der Waals surface area contributed by atoms with Crippen molar-refractivity contribution in [3.05, 3.63) is 45.9 Å². The Kier molecular flexibility index (Phi) is 3.78. The molecule has 0 aliphatic rings. The number of thiophene rings is 1. The van der Waals surface area contributed by atoms with Crippen LogP contribution in [0, 0.1) is 17.1 Å². The SMILES string of the molecule is COc1ccsc1C(=O)Nc1ccc(C#N)cc1F. The van der Waals surface area contributed by atoms with Crippen molar-refractivity contribution < 1.29 is 13.9 Å². The first-order chi connectivity index (χ1) is 9.15. The second-order valence-electron chi connectivity index (χ2n) is 3.58. The molecule has 0 fully saturated rings. The van der Waals surface area contributed by atoms with Crippen molar-refractivity contribution in [1.82, 2.24) is 0 Å². The molecule has 0 spiro atoms. The van der Waals surface area contributed by atoms with Gasteiger partial charge < -0.3 is 10.1 Å². The zero-order chi connectivity index (χ0) is 13.8. The van der Waals surface area contributed by atoms with Crippen LogP contribution in [-0.4, -0.2) is 13.0 Å². The van der Waals surface area contributed by atoms with Gasteiger partial charge in [-0.2, -0.15) is 5.26 Å². The van der Waals surface area contributed by atoms with E-state index in [0.717, 1.165) is 6.07 Å². The highest BCUT2D eigenvalue weighted by Crippen LogP contribution is 2.26. The number of ether oxygens (including phenoxy) is 1. The van der Waals surface area contributed by atoms with Crippen molar-refractivity contribution in [2.24, 2.45) is 0 Å². The van der Waals surface area contributed by atoms with E-state index in [1.165, 1.54) is 30.6 Å². The fraction of sp³-hybridized carbons (Fsp3) is 0.0769. The van der Waals surface area contributed by atoms with Crippen LogP contribution in [0.3, 0.4) is 0 Å². The molecule has 2 rings (SSSR count). The van der Waals surface area contributed by atoms with Crippen molar-refractivity contribution >= 4 is 22.9 Å². The molecule has 1 aromatic heterocycles. The number of amides is 1.